The van der Waals surface area contributed by atoms with Crippen molar-refractivity contribution in [3.05, 3.63) is 64.4 Å². The lowest BCUT2D eigenvalue weighted by Crippen LogP contribution is -1.94. The predicted molar refractivity (Wildman–Crippen MR) is 109 cm³/mol. The van der Waals surface area contributed by atoms with Gasteiger partial charge in [0, 0.05) is 31.0 Å². The first-order chi connectivity index (χ1) is 13.3. The number of aryl methyl sites for hydroxylation is 2. The summed E-state index contributed by atoms with van der Waals surface area (Å²) in [6.45, 7) is 0. The predicted octanol–water partition coefficient (Wildman–Crippen LogP) is 4.01. The number of aromatic nitrogens is 5. The number of H-pyrrole nitrogens is 1. The molecular formula is C20H22N6S. The number of nitrogens with one attached hydrogen (secondary N) is 2. The smallest absolute Gasteiger partial charge is 0.205 e. The highest BCUT2D eigenvalue weighted by atomic mass is 32.1. The molecule has 3 aromatic heterocycles. The monoisotopic (exact) mass is 378 g/mol. The Balaban J connectivity index is 1.34. The first-order valence-electron chi connectivity index (χ1n) is 9.18. The zero-order valence-electron chi connectivity index (χ0n) is 15.3. The second kappa shape index (κ2) is 8.26. The van der Waals surface area contributed by atoms with Gasteiger partial charge in [0.25, 0.3) is 0 Å². The molecule has 1 aromatic carbocycles. The average Bonchev–Trinajstić information content (AvgIpc) is 3.31. The first-order valence-corrected chi connectivity index (χ1v) is 10.00. The van der Waals surface area contributed by atoms with Crippen LogP contribution < -0.4 is 5.32 Å². The third-order valence-electron chi connectivity index (χ3n) is 4.47. The van der Waals surface area contributed by atoms with Gasteiger partial charge in [-0.15, -0.1) is 15.3 Å². The molecule has 0 radical (unpaired) electrons. The molecule has 138 valence electrons. The summed E-state index contributed by atoms with van der Waals surface area (Å²) in [6, 6.07) is 14.8. The van der Waals surface area contributed by atoms with Crippen LogP contribution in [0.1, 0.15) is 34.8 Å². The molecule has 0 bridgehead atoms. The van der Waals surface area contributed by atoms with Gasteiger partial charge in [-0.05, 0) is 37.0 Å². The summed E-state index contributed by atoms with van der Waals surface area (Å²) in [5.74, 6) is 0. The molecule has 3 heterocycles. The topological polar surface area (TPSA) is 79.4 Å². The molecule has 0 spiro atoms. The molecule has 0 saturated heterocycles. The minimum Gasteiger partial charge on any atom is -0.363 e. The average molecular weight is 379 g/mol. The van der Waals surface area contributed by atoms with Gasteiger partial charge in [-0.3, -0.25) is 0 Å². The van der Waals surface area contributed by atoms with Crippen molar-refractivity contribution >= 4 is 27.5 Å². The number of hydrogen-bond acceptors (Lipinski definition) is 6. The van der Waals surface area contributed by atoms with E-state index in [1.807, 2.05) is 13.1 Å². The van der Waals surface area contributed by atoms with E-state index in [2.05, 4.69) is 67.1 Å². The molecule has 0 amide bonds. The van der Waals surface area contributed by atoms with Crippen LogP contribution >= 0.6 is 11.3 Å². The molecule has 0 fully saturated rings. The molecule has 4 rings (SSSR count). The molecule has 27 heavy (non-hydrogen) atoms. The second-order valence-electron chi connectivity index (χ2n) is 6.55. The van der Waals surface area contributed by atoms with Gasteiger partial charge >= 0.3 is 0 Å². The quantitative estimate of drug-likeness (QED) is 0.453. The van der Waals surface area contributed by atoms with Crippen LogP contribution in [0.15, 0.2) is 42.5 Å². The first kappa shape index (κ1) is 17.6. The Morgan fingerprint density at radius 3 is 2.63 bits per heavy atom. The van der Waals surface area contributed by atoms with E-state index in [-0.39, 0.29) is 0 Å². The molecular weight excluding hydrogens is 356 g/mol. The van der Waals surface area contributed by atoms with Gasteiger partial charge in [0.1, 0.15) is 5.01 Å². The molecule has 0 unspecified atom stereocenters. The van der Waals surface area contributed by atoms with Crippen LogP contribution in [0.5, 0.6) is 0 Å². The Bertz CT molecular complexity index is 1010. The fraction of sp³-hybridized carbons (Fsp3) is 0.300. The van der Waals surface area contributed by atoms with Gasteiger partial charge in [0.05, 0.1) is 5.69 Å². The lowest BCUT2D eigenvalue weighted by atomic mass is 10.1. The normalized spacial score (nSPS) is 11.1. The zero-order chi connectivity index (χ0) is 18.5. The molecule has 0 aliphatic heterocycles. The number of nitrogens with zero attached hydrogens (tertiary/aromatic N) is 4. The van der Waals surface area contributed by atoms with Crippen molar-refractivity contribution in [3.8, 4) is 0 Å². The van der Waals surface area contributed by atoms with Crippen LogP contribution in [0.4, 0.5) is 5.13 Å². The van der Waals surface area contributed by atoms with Crippen LogP contribution in [0.3, 0.4) is 0 Å². The summed E-state index contributed by atoms with van der Waals surface area (Å²) >= 11 is 1.62. The van der Waals surface area contributed by atoms with Gasteiger partial charge in [-0.25, -0.2) is 0 Å². The van der Waals surface area contributed by atoms with Gasteiger partial charge in [0.2, 0.25) is 5.13 Å². The van der Waals surface area contributed by atoms with E-state index in [4.69, 9.17) is 0 Å². The van der Waals surface area contributed by atoms with E-state index in [0.717, 1.165) is 59.0 Å². The van der Waals surface area contributed by atoms with Crippen molar-refractivity contribution in [2.45, 2.75) is 32.1 Å². The highest BCUT2D eigenvalue weighted by molar-refractivity contribution is 7.15. The second-order valence-corrected chi connectivity index (χ2v) is 7.62. The Morgan fingerprint density at radius 1 is 0.963 bits per heavy atom. The fourth-order valence-corrected chi connectivity index (χ4v) is 3.84. The highest BCUT2D eigenvalue weighted by Crippen LogP contribution is 2.19. The van der Waals surface area contributed by atoms with Crippen molar-refractivity contribution in [3.63, 3.8) is 0 Å². The van der Waals surface area contributed by atoms with Crippen molar-refractivity contribution in [1.29, 1.82) is 0 Å². The van der Waals surface area contributed by atoms with Crippen LogP contribution in [-0.4, -0.2) is 32.4 Å². The standard InChI is InChI=1S/C20H22N6S/c1-21-20-26-24-18(27-20)10-6-5-9-16-12-15-13-17(22-19(15)25-23-16)11-14-7-3-2-4-8-14/h2-4,7-8,12-13H,5-6,9-11H2,1H3,(H,21,26)(H,22,25). The van der Waals surface area contributed by atoms with Crippen molar-refractivity contribution in [1.82, 2.24) is 25.4 Å². The maximum atomic E-state index is 4.37. The zero-order valence-corrected chi connectivity index (χ0v) is 16.1. The number of fused-ring (bicyclic) bond motifs is 1. The van der Waals surface area contributed by atoms with E-state index in [9.17, 15) is 0 Å². The van der Waals surface area contributed by atoms with E-state index in [0.29, 0.717) is 0 Å². The summed E-state index contributed by atoms with van der Waals surface area (Å²) in [4.78, 5) is 3.37. The van der Waals surface area contributed by atoms with E-state index >= 15 is 0 Å². The summed E-state index contributed by atoms with van der Waals surface area (Å²) in [5, 5.41) is 23.1. The number of benzene rings is 1. The number of rotatable bonds is 8. The number of anilines is 1. The lowest BCUT2D eigenvalue weighted by Gasteiger charge is -1.99. The van der Waals surface area contributed by atoms with Crippen molar-refractivity contribution in [2.24, 2.45) is 0 Å². The third-order valence-corrected chi connectivity index (χ3v) is 5.47. The van der Waals surface area contributed by atoms with Crippen molar-refractivity contribution < 1.29 is 0 Å². The minimum absolute atomic E-state index is 0.859. The number of aromatic amines is 1. The number of unbranched alkanes of at least 4 members (excludes halogenated alkanes) is 1. The molecule has 0 saturated carbocycles. The minimum atomic E-state index is 0.859. The van der Waals surface area contributed by atoms with Crippen LogP contribution in [-0.2, 0) is 19.3 Å². The van der Waals surface area contributed by atoms with Gasteiger partial charge in [-0.1, -0.05) is 41.7 Å². The van der Waals surface area contributed by atoms with E-state index in [1.54, 1.807) is 11.3 Å². The Labute approximate surface area is 162 Å². The Morgan fingerprint density at radius 2 is 1.81 bits per heavy atom. The van der Waals surface area contributed by atoms with Crippen LogP contribution in [0.25, 0.3) is 11.0 Å². The SMILES string of the molecule is CNc1nnc(CCCCc2cc3cc(Cc4ccccc4)[nH]c3nn2)s1. The van der Waals surface area contributed by atoms with E-state index < -0.39 is 0 Å². The highest BCUT2D eigenvalue weighted by Gasteiger charge is 2.07. The molecule has 0 atom stereocenters. The molecule has 2 N–H and O–H groups in total. The van der Waals surface area contributed by atoms with Crippen LogP contribution in [0.2, 0.25) is 0 Å². The summed E-state index contributed by atoms with van der Waals surface area (Å²) in [6.07, 6.45) is 4.91. The maximum Gasteiger partial charge on any atom is 0.205 e. The summed E-state index contributed by atoms with van der Waals surface area (Å²) < 4.78 is 0. The lowest BCUT2D eigenvalue weighted by molar-refractivity contribution is 0.709. The van der Waals surface area contributed by atoms with E-state index in [1.165, 1.54) is 11.3 Å². The molecule has 4 aromatic rings. The molecule has 7 heteroatoms. The molecule has 0 aliphatic carbocycles. The molecule has 0 aliphatic rings. The van der Waals surface area contributed by atoms with Crippen LogP contribution in [0, 0.1) is 0 Å². The molecule has 6 nitrogen and oxygen atoms in total. The summed E-state index contributed by atoms with van der Waals surface area (Å²) in [5.41, 5.74) is 4.36. The number of hydrogen-bond donors (Lipinski definition) is 2. The summed E-state index contributed by atoms with van der Waals surface area (Å²) in [7, 11) is 1.87. The van der Waals surface area contributed by atoms with Crippen molar-refractivity contribution in [2.75, 3.05) is 12.4 Å². The maximum absolute atomic E-state index is 4.37. The Hall–Kier alpha value is -2.80. The third kappa shape index (κ3) is 4.49. The van der Waals surface area contributed by atoms with Gasteiger partial charge in [-0.2, -0.15) is 5.10 Å². The Kier molecular flexibility index (Phi) is 5.39. The largest absolute Gasteiger partial charge is 0.363 e. The fourth-order valence-electron chi connectivity index (χ4n) is 3.10. The van der Waals surface area contributed by atoms with Gasteiger partial charge < -0.3 is 10.3 Å². The van der Waals surface area contributed by atoms with Gasteiger partial charge in [0.15, 0.2) is 5.65 Å².